The number of carbonyl (C=O) groups is 3. The highest BCUT2D eigenvalue weighted by Crippen LogP contribution is 2.45. The van der Waals surface area contributed by atoms with Crippen LogP contribution in [0.5, 0.6) is 0 Å². The van der Waals surface area contributed by atoms with E-state index >= 15 is 0 Å². The predicted octanol–water partition coefficient (Wildman–Crippen LogP) is 2.53. The number of nitrogens with one attached hydrogen (secondary N) is 1. The van der Waals surface area contributed by atoms with Gasteiger partial charge in [0.05, 0.1) is 11.4 Å². The molecule has 3 aliphatic rings. The van der Waals surface area contributed by atoms with Crippen molar-refractivity contribution in [2.45, 2.75) is 50.6 Å². The molecule has 2 atom stereocenters. The van der Waals surface area contributed by atoms with E-state index in [1.54, 1.807) is 17.0 Å². The zero-order valence-corrected chi connectivity index (χ0v) is 17.2. The number of piperazine rings is 1. The lowest BCUT2D eigenvalue weighted by Crippen LogP contribution is -2.54. The summed E-state index contributed by atoms with van der Waals surface area (Å²) in [4.78, 5) is 40.9. The molecule has 0 spiro atoms. The maximum Gasteiger partial charge on any atom is 0.228 e. The lowest BCUT2D eigenvalue weighted by Gasteiger charge is -2.41. The van der Waals surface area contributed by atoms with Crippen LogP contribution in [0.3, 0.4) is 0 Å². The summed E-state index contributed by atoms with van der Waals surface area (Å²) in [6.45, 7) is 3.65. The van der Waals surface area contributed by atoms with E-state index in [-0.39, 0.29) is 47.4 Å². The van der Waals surface area contributed by atoms with Crippen molar-refractivity contribution in [1.29, 1.82) is 0 Å². The van der Waals surface area contributed by atoms with E-state index in [2.05, 4.69) is 10.2 Å². The van der Waals surface area contributed by atoms with Gasteiger partial charge in [-0.2, -0.15) is 0 Å². The molecule has 2 amide bonds. The number of hydrogen-bond donors (Lipinski definition) is 1. The molecule has 2 heterocycles. The summed E-state index contributed by atoms with van der Waals surface area (Å²) in [6, 6.07) is 4.77. The first-order valence-corrected chi connectivity index (χ1v) is 10.5. The van der Waals surface area contributed by atoms with Crippen LogP contribution in [0.4, 0.5) is 10.1 Å². The van der Waals surface area contributed by atoms with Crippen molar-refractivity contribution in [1.82, 2.24) is 10.2 Å². The van der Waals surface area contributed by atoms with E-state index in [0.717, 1.165) is 18.5 Å². The summed E-state index contributed by atoms with van der Waals surface area (Å²) >= 11 is 5.77. The Bertz CT molecular complexity index is 860. The smallest absolute Gasteiger partial charge is 0.228 e. The van der Waals surface area contributed by atoms with Crippen LogP contribution in [0.1, 0.15) is 39.0 Å². The first-order chi connectivity index (χ1) is 13.8. The standard InChI is InChI=1S/C21H25ClFN3O3/c1-13-12-25(8-9-26(13)15-4-5-16(22)17(23)10-15)20(29)6-7-21(14-2-3-14)18(27)11-19(28)24-21/h4-5,10,13-14H,2-3,6-9,11-12H2,1H3,(H,24,28)/t13-,21?/m0/s1. The molecule has 6 nitrogen and oxygen atoms in total. The SMILES string of the molecule is C[C@H]1CN(C(=O)CCC2(C3CC3)NC(=O)CC2=O)CCN1c1ccc(Cl)c(F)c1. The topological polar surface area (TPSA) is 69.7 Å². The minimum Gasteiger partial charge on any atom is -0.365 e. The summed E-state index contributed by atoms with van der Waals surface area (Å²) in [7, 11) is 0. The van der Waals surface area contributed by atoms with Crippen molar-refractivity contribution in [3.05, 3.63) is 29.0 Å². The van der Waals surface area contributed by atoms with Crippen LogP contribution < -0.4 is 10.2 Å². The molecular weight excluding hydrogens is 397 g/mol. The van der Waals surface area contributed by atoms with E-state index in [1.807, 2.05) is 6.92 Å². The van der Waals surface area contributed by atoms with Gasteiger partial charge >= 0.3 is 0 Å². The number of hydrogen-bond acceptors (Lipinski definition) is 4. The predicted molar refractivity (Wildman–Crippen MR) is 107 cm³/mol. The van der Waals surface area contributed by atoms with Crippen molar-refractivity contribution < 1.29 is 18.8 Å². The maximum absolute atomic E-state index is 13.8. The Morgan fingerprint density at radius 1 is 1.31 bits per heavy atom. The van der Waals surface area contributed by atoms with Crippen LogP contribution in [-0.4, -0.2) is 53.7 Å². The Labute approximate surface area is 174 Å². The Kier molecular flexibility index (Phi) is 5.27. The number of nitrogens with zero attached hydrogens (tertiary/aromatic N) is 2. The second-order valence-corrected chi connectivity index (χ2v) is 8.78. The van der Waals surface area contributed by atoms with Gasteiger partial charge in [-0.15, -0.1) is 0 Å². The van der Waals surface area contributed by atoms with Gasteiger partial charge in [0.1, 0.15) is 11.4 Å². The monoisotopic (exact) mass is 421 g/mol. The summed E-state index contributed by atoms with van der Waals surface area (Å²) < 4.78 is 13.8. The fourth-order valence-corrected chi connectivity index (χ4v) is 4.79. The van der Waals surface area contributed by atoms with Crippen LogP contribution >= 0.6 is 11.6 Å². The molecule has 0 radical (unpaired) electrons. The highest BCUT2D eigenvalue weighted by molar-refractivity contribution is 6.30. The van der Waals surface area contributed by atoms with Crippen LogP contribution in [0.25, 0.3) is 0 Å². The lowest BCUT2D eigenvalue weighted by atomic mass is 9.85. The maximum atomic E-state index is 13.8. The Morgan fingerprint density at radius 2 is 2.07 bits per heavy atom. The van der Waals surface area contributed by atoms with Crippen molar-refractivity contribution in [2.75, 3.05) is 24.5 Å². The van der Waals surface area contributed by atoms with Crippen molar-refractivity contribution in [3.63, 3.8) is 0 Å². The fraction of sp³-hybridized carbons (Fsp3) is 0.571. The van der Waals surface area contributed by atoms with Gasteiger partial charge in [0.15, 0.2) is 5.78 Å². The highest BCUT2D eigenvalue weighted by atomic mass is 35.5. The molecule has 8 heteroatoms. The summed E-state index contributed by atoms with van der Waals surface area (Å²) in [5.74, 6) is -0.589. The normalized spacial score (nSPS) is 27.3. The minimum absolute atomic E-state index is 0.00670. The van der Waals surface area contributed by atoms with Crippen molar-refractivity contribution in [2.24, 2.45) is 5.92 Å². The van der Waals surface area contributed by atoms with E-state index in [4.69, 9.17) is 11.6 Å². The van der Waals surface area contributed by atoms with E-state index in [0.29, 0.717) is 26.1 Å². The van der Waals surface area contributed by atoms with Crippen LogP contribution in [0.15, 0.2) is 18.2 Å². The molecule has 29 heavy (non-hydrogen) atoms. The van der Waals surface area contributed by atoms with Gasteiger partial charge in [0.2, 0.25) is 11.8 Å². The number of Topliss-reactive ketones (excluding diaryl/α,β-unsaturated/α-hetero) is 1. The number of benzene rings is 1. The van der Waals surface area contributed by atoms with Gasteiger partial charge in [-0.3, -0.25) is 14.4 Å². The quantitative estimate of drug-likeness (QED) is 0.742. The fourth-order valence-electron chi connectivity index (χ4n) is 4.67. The van der Waals surface area contributed by atoms with E-state index in [1.165, 1.54) is 6.07 Å². The van der Waals surface area contributed by atoms with Gasteiger partial charge in [-0.25, -0.2) is 4.39 Å². The van der Waals surface area contributed by atoms with Gasteiger partial charge in [-0.1, -0.05) is 11.6 Å². The Hall–Kier alpha value is -2.15. The van der Waals surface area contributed by atoms with Crippen molar-refractivity contribution in [3.8, 4) is 0 Å². The molecule has 0 aromatic heterocycles. The number of carbonyl (C=O) groups excluding carboxylic acids is 3. The highest BCUT2D eigenvalue weighted by Gasteiger charge is 2.55. The number of ketones is 1. The third-order valence-electron chi connectivity index (χ3n) is 6.40. The summed E-state index contributed by atoms with van der Waals surface area (Å²) in [5, 5.41) is 2.96. The second kappa shape index (κ2) is 7.59. The first-order valence-electron chi connectivity index (χ1n) is 10.1. The third kappa shape index (κ3) is 3.84. The summed E-state index contributed by atoms with van der Waals surface area (Å²) in [6.07, 6.45) is 2.39. The number of amides is 2. The zero-order valence-electron chi connectivity index (χ0n) is 16.4. The molecule has 1 unspecified atom stereocenters. The number of rotatable bonds is 5. The van der Waals surface area contributed by atoms with Crippen LogP contribution in [0, 0.1) is 11.7 Å². The van der Waals surface area contributed by atoms with E-state index in [9.17, 15) is 18.8 Å². The second-order valence-electron chi connectivity index (χ2n) is 8.37. The molecule has 2 aliphatic heterocycles. The first kappa shape index (κ1) is 20.1. The largest absolute Gasteiger partial charge is 0.365 e. The molecule has 1 aliphatic carbocycles. The molecule has 4 rings (SSSR count). The molecule has 156 valence electrons. The Morgan fingerprint density at radius 3 is 2.66 bits per heavy atom. The molecule has 1 aromatic carbocycles. The minimum atomic E-state index is -0.832. The Balaban J connectivity index is 1.36. The number of anilines is 1. The molecule has 3 fully saturated rings. The molecular formula is C21H25ClFN3O3. The van der Waals surface area contributed by atoms with Gasteiger partial charge < -0.3 is 15.1 Å². The molecule has 2 saturated heterocycles. The molecule has 1 saturated carbocycles. The molecule has 0 bridgehead atoms. The van der Waals surface area contributed by atoms with Crippen molar-refractivity contribution >= 4 is 34.9 Å². The third-order valence-corrected chi connectivity index (χ3v) is 6.71. The lowest BCUT2D eigenvalue weighted by molar-refractivity contribution is -0.133. The van der Waals surface area contributed by atoms with Gasteiger partial charge in [0, 0.05) is 37.8 Å². The number of halogens is 2. The average Bonchev–Trinajstić information content (AvgIpc) is 3.48. The van der Waals surface area contributed by atoms with Crippen LogP contribution in [-0.2, 0) is 14.4 Å². The summed E-state index contributed by atoms with van der Waals surface area (Å²) in [5.41, 5.74) is -0.0838. The van der Waals surface area contributed by atoms with Gasteiger partial charge in [0.25, 0.3) is 0 Å². The zero-order chi connectivity index (χ0) is 20.8. The molecule has 1 N–H and O–H groups in total. The van der Waals surface area contributed by atoms with E-state index < -0.39 is 11.4 Å². The average molecular weight is 422 g/mol. The van der Waals surface area contributed by atoms with Crippen LogP contribution in [0.2, 0.25) is 5.02 Å². The molecule has 1 aromatic rings. The van der Waals surface area contributed by atoms with Gasteiger partial charge in [-0.05, 0) is 50.3 Å².